The zero-order chi connectivity index (χ0) is 19.3. The van der Waals surface area contributed by atoms with Crippen LogP contribution in [0.3, 0.4) is 0 Å². The van der Waals surface area contributed by atoms with E-state index in [-0.39, 0.29) is 5.75 Å². The first-order valence-electron chi connectivity index (χ1n) is 9.82. The van der Waals surface area contributed by atoms with E-state index in [0.29, 0.717) is 18.5 Å². The van der Waals surface area contributed by atoms with Gasteiger partial charge in [0.05, 0.1) is 0 Å². The molecule has 148 valence electrons. The molecule has 0 aliphatic carbocycles. The van der Waals surface area contributed by atoms with Crippen LogP contribution in [-0.2, 0) is 12.8 Å². The van der Waals surface area contributed by atoms with E-state index in [4.69, 9.17) is 0 Å². The Morgan fingerprint density at radius 2 is 1.30 bits per heavy atom. The number of rotatable bonds is 13. The van der Waals surface area contributed by atoms with Crippen LogP contribution >= 0.6 is 0 Å². The van der Waals surface area contributed by atoms with Gasteiger partial charge in [-0.25, -0.2) is 4.39 Å². The van der Waals surface area contributed by atoms with Gasteiger partial charge in [0.2, 0.25) is 0 Å². The molecule has 0 saturated heterocycles. The van der Waals surface area contributed by atoms with Crippen LogP contribution in [0.1, 0.15) is 36.8 Å². The second-order valence-electron chi connectivity index (χ2n) is 6.83. The van der Waals surface area contributed by atoms with Crippen molar-refractivity contribution in [1.82, 2.24) is 10.6 Å². The van der Waals surface area contributed by atoms with E-state index >= 15 is 0 Å². The van der Waals surface area contributed by atoms with Crippen LogP contribution in [-0.4, -0.2) is 36.4 Å². The van der Waals surface area contributed by atoms with Gasteiger partial charge in [0.25, 0.3) is 0 Å². The predicted octanol–water partition coefficient (Wildman–Crippen LogP) is 3.76. The zero-order valence-corrected chi connectivity index (χ0v) is 15.9. The molecule has 0 aliphatic heterocycles. The second-order valence-corrected chi connectivity index (χ2v) is 6.83. The van der Waals surface area contributed by atoms with Gasteiger partial charge in [0.1, 0.15) is 5.82 Å². The van der Waals surface area contributed by atoms with Crippen molar-refractivity contribution in [2.75, 3.05) is 26.2 Å². The summed E-state index contributed by atoms with van der Waals surface area (Å²) in [6.07, 6.45) is 6.25. The maximum atomic E-state index is 13.6. The van der Waals surface area contributed by atoms with Gasteiger partial charge in [-0.3, -0.25) is 0 Å². The fraction of sp³-hybridized carbons (Fsp3) is 0.455. The highest BCUT2D eigenvalue weighted by molar-refractivity contribution is 5.41. The van der Waals surface area contributed by atoms with E-state index in [1.165, 1.54) is 30.9 Å². The van der Waals surface area contributed by atoms with Crippen LogP contribution in [0, 0.1) is 5.82 Å². The molecule has 0 radical (unpaired) electrons. The summed E-state index contributed by atoms with van der Waals surface area (Å²) in [5.41, 5.74) is 1.79. The van der Waals surface area contributed by atoms with Gasteiger partial charge in [0.15, 0.2) is 11.5 Å². The van der Waals surface area contributed by atoms with E-state index in [1.54, 1.807) is 0 Å². The van der Waals surface area contributed by atoms with E-state index < -0.39 is 11.6 Å². The Morgan fingerprint density at radius 1 is 0.704 bits per heavy atom. The molecule has 0 saturated carbocycles. The molecule has 4 N–H and O–H groups in total. The molecule has 0 unspecified atom stereocenters. The topological polar surface area (TPSA) is 64.5 Å². The summed E-state index contributed by atoms with van der Waals surface area (Å²) in [5.74, 6) is -1.17. The molecule has 5 heteroatoms. The summed E-state index contributed by atoms with van der Waals surface area (Å²) >= 11 is 0. The van der Waals surface area contributed by atoms with Gasteiger partial charge in [-0.1, -0.05) is 43.2 Å². The lowest BCUT2D eigenvalue weighted by atomic mass is 10.1. The number of hydrogen-bond acceptors (Lipinski definition) is 4. The second kappa shape index (κ2) is 12.3. The molecule has 0 fully saturated rings. The Hall–Kier alpha value is -2.11. The van der Waals surface area contributed by atoms with Crippen LogP contribution in [0.5, 0.6) is 11.5 Å². The summed E-state index contributed by atoms with van der Waals surface area (Å²) < 4.78 is 13.6. The standard InChI is InChI=1S/C22H31FN2O2/c23-20-17-22(27)21(26)16-19(20)11-15-25-13-7-2-1-6-12-24-14-10-18-8-4-3-5-9-18/h3-5,8-9,16-17,24-27H,1-2,6-7,10-15H2. The van der Waals surface area contributed by atoms with Crippen molar-refractivity contribution in [3.63, 3.8) is 0 Å². The molecule has 0 aliphatic rings. The Morgan fingerprint density at radius 3 is 1.96 bits per heavy atom. The van der Waals surface area contributed by atoms with E-state index in [1.807, 2.05) is 6.07 Å². The minimum atomic E-state index is -0.480. The van der Waals surface area contributed by atoms with Crippen molar-refractivity contribution in [2.45, 2.75) is 38.5 Å². The van der Waals surface area contributed by atoms with Crippen molar-refractivity contribution < 1.29 is 14.6 Å². The Kier molecular flexibility index (Phi) is 9.66. The molecule has 0 aromatic heterocycles. The maximum Gasteiger partial charge on any atom is 0.160 e. The van der Waals surface area contributed by atoms with Gasteiger partial charge in [-0.2, -0.15) is 0 Å². The highest BCUT2D eigenvalue weighted by atomic mass is 19.1. The number of unbranched alkanes of at least 4 members (excludes halogenated alkanes) is 3. The number of phenolic OH excluding ortho intramolecular Hbond substituents is 2. The number of nitrogens with one attached hydrogen (secondary N) is 2. The number of halogens is 1. The molecule has 0 bridgehead atoms. The maximum absolute atomic E-state index is 13.6. The molecular weight excluding hydrogens is 343 g/mol. The highest BCUT2D eigenvalue weighted by Gasteiger charge is 2.07. The lowest BCUT2D eigenvalue weighted by Gasteiger charge is -2.08. The Bertz CT molecular complexity index is 665. The number of benzene rings is 2. The molecule has 27 heavy (non-hydrogen) atoms. The van der Waals surface area contributed by atoms with Crippen molar-refractivity contribution in [3.8, 4) is 11.5 Å². The molecule has 0 spiro atoms. The molecular formula is C22H31FN2O2. The summed E-state index contributed by atoms with van der Waals surface area (Å²) in [4.78, 5) is 0. The van der Waals surface area contributed by atoms with Crippen LogP contribution in [0.4, 0.5) is 4.39 Å². The van der Waals surface area contributed by atoms with Crippen molar-refractivity contribution in [2.24, 2.45) is 0 Å². The van der Waals surface area contributed by atoms with Gasteiger partial charge in [-0.15, -0.1) is 0 Å². The van der Waals surface area contributed by atoms with Crippen molar-refractivity contribution in [3.05, 3.63) is 59.4 Å². The molecule has 4 nitrogen and oxygen atoms in total. The first kappa shape index (κ1) is 21.2. The van der Waals surface area contributed by atoms with Crippen molar-refractivity contribution >= 4 is 0 Å². The fourth-order valence-electron chi connectivity index (χ4n) is 2.99. The molecule has 0 atom stereocenters. The largest absolute Gasteiger partial charge is 0.504 e. The number of aromatic hydroxyl groups is 2. The van der Waals surface area contributed by atoms with Crippen molar-refractivity contribution in [1.29, 1.82) is 0 Å². The Labute approximate surface area is 161 Å². The fourth-order valence-corrected chi connectivity index (χ4v) is 2.99. The third-order valence-corrected chi connectivity index (χ3v) is 4.61. The lowest BCUT2D eigenvalue weighted by Crippen LogP contribution is -2.19. The monoisotopic (exact) mass is 374 g/mol. The van der Waals surface area contributed by atoms with Gasteiger partial charge < -0.3 is 20.8 Å². The van der Waals surface area contributed by atoms with Crippen LogP contribution in [0.2, 0.25) is 0 Å². The third kappa shape index (κ3) is 8.41. The summed E-state index contributed by atoms with van der Waals surface area (Å²) in [6, 6.07) is 12.8. The average Bonchev–Trinajstić information content (AvgIpc) is 2.67. The SMILES string of the molecule is Oc1cc(F)c(CCNCCCCCCNCCc2ccccc2)cc1O. The first-order chi connectivity index (χ1) is 13.2. The molecule has 2 rings (SSSR count). The molecule has 2 aromatic rings. The average molecular weight is 374 g/mol. The predicted molar refractivity (Wildman–Crippen MR) is 108 cm³/mol. The van der Waals surface area contributed by atoms with E-state index in [9.17, 15) is 14.6 Å². The minimum absolute atomic E-state index is 0.274. The van der Waals surface area contributed by atoms with Crippen LogP contribution in [0.25, 0.3) is 0 Å². The Balaban J connectivity index is 1.40. The first-order valence-corrected chi connectivity index (χ1v) is 9.82. The van der Waals surface area contributed by atoms with Crippen LogP contribution < -0.4 is 10.6 Å². The minimum Gasteiger partial charge on any atom is -0.504 e. The van der Waals surface area contributed by atoms with Gasteiger partial charge in [-0.05, 0) is 69.1 Å². The summed E-state index contributed by atoms with van der Waals surface area (Å²) in [6.45, 7) is 3.65. The molecule has 2 aromatic carbocycles. The summed E-state index contributed by atoms with van der Waals surface area (Å²) in [7, 11) is 0. The molecule has 0 amide bonds. The number of phenols is 2. The zero-order valence-electron chi connectivity index (χ0n) is 15.9. The number of hydrogen-bond donors (Lipinski definition) is 4. The third-order valence-electron chi connectivity index (χ3n) is 4.61. The van der Waals surface area contributed by atoms with E-state index in [2.05, 4.69) is 34.9 Å². The highest BCUT2D eigenvalue weighted by Crippen LogP contribution is 2.27. The quantitative estimate of drug-likeness (QED) is 0.318. The van der Waals surface area contributed by atoms with Gasteiger partial charge in [0, 0.05) is 6.07 Å². The van der Waals surface area contributed by atoms with Crippen LogP contribution in [0.15, 0.2) is 42.5 Å². The van der Waals surface area contributed by atoms with Gasteiger partial charge >= 0.3 is 0 Å². The molecule has 0 heterocycles. The lowest BCUT2D eigenvalue weighted by molar-refractivity contribution is 0.398. The normalized spacial score (nSPS) is 11.0. The van der Waals surface area contributed by atoms with E-state index in [0.717, 1.165) is 38.5 Å². The smallest absolute Gasteiger partial charge is 0.160 e. The summed E-state index contributed by atoms with van der Waals surface area (Å²) in [5, 5.41) is 25.4.